The average Bonchev–Trinajstić information content (AvgIpc) is 2.58. The Kier molecular flexibility index (Phi) is 5.30. The molecule has 0 bridgehead atoms. The second-order valence-electron chi connectivity index (χ2n) is 3.62. The van der Waals surface area contributed by atoms with E-state index < -0.39 is 9.84 Å². The van der Waals surface area contributed by atoms with Gasteiger partial charge in [0.1, 0.15) is 15.8 Å². The van der Waals surface area contributed by atoms with Gasteiger partial charge in [-0.05, 0) is 19.5 Å². The van der Waals surface area contributed by atoms with Gasteiger partial charge < -0.3 is 5.32 Å². The largest absolute Gasteiger partial charge is 0.317 e. The Morgan fingerprint density at radius 1 is 1.31 bits per heavy atom. The number of aromatic nitrogens is 2. The minimum atomic E-state index is -3.00. The molecule has 0 fully saturated rings. The molecule has 7 heteroatoms. The minimum absolute atomic E-state index is 0.00211. The fourth-order valence-electron chi connectivity index (χ4n) is 1.21. The van der Waals surface area contributed by atoms with Crippen molar-refractivity contribution in [3.8, 4) is 0 Å². The summed E-state index contributed by atoms with van der Waals surface area (Å²) in [5, 5.41) is 12.6. The minimum Gasteiger partial charge on any atom is -0.317 e. The van der Waals surface area contributed by atoms with E-state index in [1.165, 1.54) is 17.6 Å². The first-order chi connectivity index (χ1) is 7.51. The molecule has 0 aromatic carbocycles. The quantitative estimate of drug-likeness (QED) is 0.730. The van der Waals surface area contributed by atoms with Gasteiger partial charge in [0.2, 0.25) is 0 Å². The van der Waals surface area contributed by atoms with Crippen LogP contribution in [0.1, 0.15) is 23.4 Å². The summed E-state index contributed by atoms with van der Waals surface area (Å²) in [4.78, 5) is 0. The Bertz CT molecular complexity index is 414. The molecular weight excluding hydrogens is 246 g/mol. The highest BCUT2D eigenvalue weighted by molar-refractivity contribution is 7.90. The molecule has 0 radical (unpaired) electrons. The lowest BCUT2D eigenvalue weighted by Gasteiger charge is -1.97. The van der Waals surface area contributed by atoms with Crippen LogP contribution < -0.4 is 5.32 Å². The second kappa shape index (κ2) is 6.27. The summed E-state index contributed by atoms with van der Waals surface area (Å²) in [6.45, 7) is 3.99. The van der Waals surface area contributed by atoms with Crippen LogP contribution in [0.15, 0.2) is 0 Å². The summed E-state index contributed by atoms with van der Waals surface area (Å²) in [6.07, 6.45) is 3.06. The van der Waals surface area contributed by atoms with Crippen LogP contribution in [0.25, 0.3) is 0 Å². The van der Waals surface area contributed by atoms with Gasteiger partial charge >= 0.3 is 0 Å². The van der Waals surface area contributed by atoms with Crippen molar-refractivity contribution in [2.75, 3.05) is 19.3 Å². The zero-order valence-corrected chi connectivity index (χ0v) is 11.2. The van der Waals surface area contributed by atoms with Crippen LogP contribution in [0.5, 0.6) is 0 Å². The molecule has 5 nitrogen and oxygen atoms in total. The number of hydrogen-bond acceptors (Lipinski definition) is 6. The zero-order valence-electron chi connectivity index (χ0n) is 9.56. The van der Waals surface area contributed by atoms with Crippen LogP contribution in [-0.4, -0.2) is 38.0 Å². The van der Waals surface area contributed by atoms with E-state index in [1.54, 1.807) is 0 Å². The molecule has 1 rings (SSSR count). The Labute approximate surface area is 100 Å². The molecule has 0 saturated heterocycles. The number of rotatable bonds is 7. The summed E-state index contributed by atoms with van der Waals surface area (Å²) in [6, 6.07) is 0. The van der Waals surface area contributed by atoms with Crippen molar-refractivity contribution in [2.45, 2.75) is 25.5 Å². The fraction of sp³-hybridized carbons (Fsp3) is 0.778. The normalized spacial score (nSPS) is 11.9. The van der Waals surface area contributed by atoms with Crippen LogP contribution >= 0.6 is 11.3 Å². The van der Waals surface area contributed by atoms with Crippen LogP contribution in [0.2, 0.25) is 0 Å². The Hall–Kier alpha value is -0.530. The van der Waals surface area contributed by atoms with Crippen molar-refractivity contribution >= 4 is 21.2 Å². The number of hydrogen-bond donors (Lipinski definition) is 1. The number of sulfone groups is 1. The molecule has 0 atom stereocenters. The fourth-order valence-corrected chi connectivity index (χ4v) is 3.28. The molecule has 1 N–H and O–H groups in total. The average molecular weight is 263 g/mol. The molecule has 1 heterocycles. The second-order valence-corrected chi connectivity index (χ2v) is 6.90. The number of nitrogens with one attached hydrogen (secondary N) is 1. The monoisotopic (exact) mass is 263 g/mol. The maximum absolute atomic E-state index is 11.0. The smallest absolute Gasteiger partial charge is 0.154 e. The van der Waals surface area contributed by atoms with Crippen LogP contribution in [0.3, 0.4) is 0 Å². The predicted octanol–water partition coefficient (Wildman–Crippen LogP) is 0.625. The highest BCUT2D eigenvalue weighted by atomic mass is 32.2. The molecule has 0 spiro atoms. The van der Waals surface area contributed by atoms with Crippen LogP contribution in [0.4, 0.5) is 0 Å². The molecule has 1 aromatic rings. The van der Waals surface area contributed by atoms with Gasteiger partial charge in [0, 0.05) is 12.7 Å². The zero-order chi connectivity index (χ0) is 12.0. The van der Waals surface area contributed by atoms with Gasteiger partial charge in [-0.15, -0.1) is 21.5 Å². The molecule has 0 aliphatic carbocycles. The first-order valence-electron chi connectivity index (χ1n) is 5.21. The topological polar surface area (TPSA) is 72.0 Å². The lowest BCUT2D eigenvalue weighted by Crippen LogP contribution is -2.14. The maximum Gasteiger partial charge on any atom is 0.154 e. The molecule has 16 heavy (non-hydrogen) atoms. The SMILES string of the molecule is CCNCCCc1nnc(CS(C)(=O)=O)s1. The summed E-state index contributed by atoms with van der Waals surface area (Å²) >= 11 is 1.39. The summed E-state index contributed by atoms with van der Waals surface area (Å²) in [5.41, 5.74) is 0. The standard InChI is InChI=1S/C9H17N3O2S2/c1-3-10-6-4-5-8-11-12-9(15-8)7-16(2,13)14/h10H,3-7H2,1-2H3. The third-order valence-electron chi connectivity index (χ3n) is 1.89. The van der Waals surface area contributed by atoms with Gasteiger partial charge in [-0.3, -0.25) is 0 Å². The van der Waals surface area contributed by atoms with Crippen molar-refractivity contribution in [1.29, 1.82) is 0 Å². The van der Waals surface area contributed by atoms with Gasteiger partial charge in [-0.25, -0.2) is 8.42 Å². The van der Waals surface area contributed by atoms with Crippen molar-refractivity contribution < 1.29 is 8.42 Å². The highest BCUT2D eigenvalue weighted by Crippen LogP contribution is 2.13. The van der Waals surface area contributed by atoms with Gasteiger partial charge in [-0.1, -0.05) is 6.92 Å². The molecule has 0 unspecified atom stereocenters. The molecule has 0 amide bonds. The van der Waals surface area contributed by atoms with E-state index >= 15 is 0 Å². The Morgan fingerprint density at radius 3 is 2.62 bits per heavy atom. The number of aryl methyl sites for hydroxylation is 1. The van der Waals surface area contributed by atoms with E-state index in [0.717, 1.165) is 30.9 Å². The third-order valence-corrected chi connectivity index (χ3v) is 3.85. The van der Waals surface area contributed by atoms with E-state index in [0.29, 0.717) is 5.01 Å². The molecule has 0 aliphatic rings. The van der Waals surface area contributed by atoms with Crippen LogP contribution in [-0.2, 0) is 22.0 Å². The molecule has 1 aromatic heterocycles. The maximum atomic E-state index is 11.0. The van der Waals surface area contributed by atoms with Gasteiger partial charge in [0.15, 0.2) is 9.84 Å². The first kappa shape index (κ1) is 13.5. The Balaban J connectivity index is 2.40. The van der Waals surface area contributed by atoms with Crippen molar-refractivity contribution in [3.05, 3.63) is 10.0 Å². The van der Waals surface area contributed by atoms with Crippen LogP contribution in [0, 0.1) is 0 Å². The third kappa shape index (κ3) is 5.53. The number of nitrogens with zero attached hydrogens (tertiary/aromatic N) is 2. The van der Waals surface area contributed by atoms with Gasteiger partial charge in [0.25, 0.3) is 0 Å². The molecular formula is C9H17N3O2S2. The summed E-state index contributed by atoms with van der Waals surface area (Å²) < 4.78 is 22.1. The van der Waals surface area contributed by atoms with E-state index in [9.17, 15) is 8.42 Å². The van der Waals surface area contributed by atoms with E-state index in [1.807, 2.05) is 0 Å². The van der Waals surface area contributed by atoms with E-state index in [2.05, 4.69) is 22.4 Å². The molecule has 0 saturated carbocycles. The lowest BCUT2D eigenvalue weighted by atomic mass is 10.3. The summed E-state index contributed by atoms with van der Waals surface area (Å²) in [7, 11) is -3.00. The lowest BCUT2D eigenvalue weighted by molar-refractivity contribution is 0.600. The summed E-state index contributed by atoms with van der Waals surface area (Å²) in [5.74, 6) is -0.00211. The van der Waals surface area contributed by atoms with E-state index in [-0.39, 0.29) is 5.75 Å². The molecule has 0 aliphatic heterocycles. The van der Waals surface area contributed by atoms with Crippen molar-refractivity contribution in [1.82, 2.24) is 15.5 Å². The Morgan fingerprint density at radius 2 is 2.00 bits per heavy atom. The van der Waals surface area contributed by atoms with Gasteiger partial charge in [-0.2, -0.15) is 0 Å². The highest BCUT2D eigenvalue weighted by Gasteiger charge is 2.10. The van der Waals surface area contributed by atoms with E-state index in [4.69, 9.17) is 0 Å². The van der Waals surface area contributed by atoms with Crippen molar-refractivity contribution in [2.24, 2.45) is 0 Å². The predicted molar refractivity (Wildman–Crippen MR) is 65.3 cm³/mol. The van der Waals surface area contributed by atoms with Gasteiger partial charge in [0.05, 0.1) is 0 Å². The first-order valence-corrected chi connectivity index (χ1v) is 8.08. The van der Waals surface area contributed by atoms with Crippen molar-refractivity contribution in [3.63, 3.8) is 0 Å². The molecule has 92 valence electrons.